The average molecular weight is 396 g/mol. The lowest BCUT2D eigenvalue weighted by Gasteiger charge is -2.21. The second kappa shape index (κ2) is 9.02. The van der Waals surface area contributed by atoms with Gasteiger partial charge in [0.25, 0.3) is 0 Å². The molecule has 0 fully saturated rings. The highest BCUT2D eigenvalue weighted by atomic mass is 35.5. The lowest BCUT2D eigenvalue weighted by molar-refractivity contribution is -0.115. The first-order chi connectivity index (χ1) is 12.4. The van der Waals surface area contributed by atoms with Crippen LogP contribution in [0, 0.1) is 0 Å². The Morgan fingerprint density at radius 1 is 1.04 bits per heavy atom. The highest BCUT2D eigenvalue weighted by Gasteiger charge is 2.18. The molecule has 6 nitrogen and oxygen atoms in total. The molecule has 0 aromatic heterocycles. The number of hydrogen-bond donors (Lipinski definition) is 2. The van der Waals surface area contributed by atoms with Crippen molar-refractivity contribution in [3.8, 4) is 0 Å². The number of anilines is 2. The quantitative estimate of drug-likeness (QED) is 0.719. The van der Waals surface area contributed by atoms with E-state index in [0.29, 0.717) is 5.69 Å². The molecule has 140 valence electrons. The number of rotatable bonds is 8. The van der Waals surface area contributed by atoms with Crippen molar-refractivity contribution in [1.82, 2.24) is 4.72 Å². The van der Waals surface area contributed by atoms with Crippen LogP contribution in [0.15, 0.2) is 53.4 Å². The Morgan fingerprint density at radius 2 is 1.65 bits per heavy atom. The van der Waals surface area contributed by atoms with Crippen molar-refractivity contribution >= 4 is 38.9 Å². The van der Waals surface area contributed by atoms with Crippen LogP contribution >= 0.6 is 11.6 Å². The summed E-state index contributed by atoms with van der Waals surface area (Å²) in [5.41, 5.74) is 1.66. The van der Waals surface area contributed by atoms with Crippen molar-refractivity contribution in [2.75, 3.05) is 29.9 Å². The molecular formula is C18H22ClN3O3S. The van der Waals surface area contributed by atoms with Gasteiger partial charge in [-0.15, -0.1) is 0 Å². The fraction of sp³-hybridized carbons (Fsp3) is 0.278. The van der Waals surface area contributed by atoms with E-state index in [1.807, 2.05) is 12.1 Å². The minimum atomic E-state index is -3.85. The second-order valence-corrected chi connectivity index (χ2v) is 7.66. The fourth-order valence-electron chi connectivity index (χ4n) is 2.45. The predicted octanol–water partition coefficient (Wildman–Crippen LogP) is 3.10. The summed E-state index contributed by atoms with van der Waals surface area (Å²) in [6.07, 6.45) is 0. The lowest BCUT2D eigenvalue weighted by atomic mass is 10.2. The van der Waals surface area contributed by atoms with Crippen LogP contribution in [-0.2, 0) is 14.8 Å². The van der Waals surface area contributed by atoms with E-state index in [0.717, 1.165) is 18.8 Å². The molecule has 0 unspecified atom stereocenters. The van der Waals surface area contributed by atoms with Gasteiger partial charge in [0, 0.05) is 24.5 Å². The maximum Gasteiger partial charge on any atom is 0.242 e. The zero-order valence-electron chi connectivity index (χ0n) is 14.7. The van der Waals surface area contributed by atoms with E-state index >= 15 is 0 Å². The van der Waals surface area contributed by atoms with Gasteiger partial charge in [-0.3, -0.25) is 4.79 Å². The Labute approximate surface area is 159 Å². The summed E-state index contributed by atoms with van der Waals surface area (Å²) in [7, 11) is -3.85. The van der Waals surface area contributed by atoms with Gasteiger partial charge >= 0.3 is 0 Å². The molecule has 8 heteroatoms. The van der Waals surface area contributed by atoms with Crippen molar-refractivity contribution in [2.24, 2.45) is 0 Å². The zero-order valence-corrected chi connectivity index (χ0v) is 16.3. The number of amides is 1. The minimum Gasteiger partial charge on any atom is -0.372 e. The first-order valence-corrected chi connectivity index (χ1v) is 10.1. The summed E-state index contributed by atoms with van der Waals surface area (Å²) in [4.78, 5) is 14.2. The summed E-state index contributed by atoms with van der Waals surface area (Å²) in [5.74, 6) is -0.462. The Kier molecular flexibility index (Phi) is 7.02. The minimum absolute atomic E-state index is 0.0574. The molecule has 2 aromatic carbocycles. The third-order valence-corrected chi connectivity index (χ3v) is 5.73. The molecule has 0 saturated heterocycles. The van der Waals surface area contributed by atoms with Crippen molar-refractivity contribution in [3.63, 3.8) is 0 Å². The maximum atomic E-state index is 12.2. The van der Waals surface area contributed by atoms with Crippen LogP contribution in [0.25, 0.3) is 0 Å². The molecule has 1 amide bonds. The second-order valence-electron chi connectivity index (χ2n) is 5.52. The number of nitrogens with one attached hydrogen (secondary N) is 2. The van der Waals surface area contributed by atoms with Crippen molar-refractivity contribution in [3.05, 3.63) is 53.6 Å². The van der Waals surface area contributed by atoms with Crippen molar-refractivity contribution in [2.45, 2.75) is 18.7 Å². The summed E-state index contributed by atoms with van der Waals surface area (Å²) in [6, 6.07) is 13.5. The van der Waals surface area contributed by atoms with Gasteiger partial charge in [-0.1, -0.05) is 23.7 Å². The SMILES string of the molecule is CCN(CC)c1ccc(NC(=O)CNS(=O)(=O)c2ccccc2Cl)cc1. The van der Waals surface area contributed by atoms with Gasteiger partial charge in [-0.2, -0.15) is 0 Å². The van der Waals surface area contributed by atoms with E-state index in [4.69, 9.17) is 11.6 Å². The molecule has 2 rings (SSSR count). The van der Waals surface area contributed by atoms with E-state index in [9.17, 15) is 13.2 Å². The zero-order chi connectivity index (χ0) is 19.2. The Balaban J connectivity index is 1.96. The number of carbonyl (C=O) groups is 1. The maximum absolute atomic E-state index is 12.2. The summed E-state index contributed by atoms with van der Waals surface area (Å²) >= 11 is 5.89. The van der Waals surface area contributed by atoms with E-state index in [2.05, 4.69) is 28.8 Å². The molecule has 0 aliphatic rings. The molecule has 2 aromatic rings. The number of benzene rings is 2. The molecule has 0 radical (unpaired) electrons. The van der Waals surface area contributed by atoms with E-state index in [1.54, 1.807) is 24.3 Å². The largest absolute Gasteiger partial charge is 0.372 e. The number of carbonyl (C=O) groups excluding carboxylic acids is 1. The van der Waals surface area contributed by atoms with Gasteiger partial charge in [0.05, 0.1) is 11.6 Å². The molecule has 0 spiro atoms. The van der Waals surface area contributed by atoms with Gasteiger partial charge in [0.2, 0.25) is 15.9 Å². The topological polar surface area (TPSA) is 78.5 Å². The van der Waals surface area contributed by atoms with E-state index in [-0.39, 0.29) is 16.5 Å². The number of sulfonamides is 1. The van der Waals surface area contributed by atoms with Crippen LogP contribution in [0.5, 0.6) is 0 Å². The van der Waals surface area contributed by atoms with Gasteiger partial charge in [-0.05, 0) is 50.2 Å². The van der Waals surface area contributed by atoms with Gasteiger partial charge < -0.3 is 10.2 Å². The third kappa shape index (κ3) is 5.20. The molecule has 0 aliphatic heterocycles. The van der Waals surface area contributed by atoms with Gasteiger partial charge in [0.1, 0.15) is 4.90 Å². The molecule has 0 aliphatic carbocycles. The first kappa shape index (κ1) is 20.2. The van der Waals surface area contributed by atoms with Crippen LogP contribution in [0.1, 0.15) is 13.8 Å². The Hall–Kier alpha value is -2.09. The summed E-state index contributed by atoms with van der Waals surface area (Å²) in [6.45, 7) is 5.55. The predicted molar refractivity (Wildman–Crippen MR) is 105 cm³/mol. The smallest absolute Gasteiger partial charge is 0.242 e. The molecule has 0 bridgehead atoms. The average Bonchev–Trinajstić information content (AvgIpc) is 2.63. The monoisotopic (exact) mass is 395 g/mol. The van der Waals surface area contributed by atoms with Crippen LogP contribution in [0.4, 0.5) is 11.4 Å². The van der Waals surface area contributed by atoms with Crippen molar-refractivity contribution < 1.29 is 13.2 Å². The standard InChI is InChI=1S/C18H22ClN3O3S/c1-3-22(4-2)15-11-9-14(10-12-15)21-18(23)13-20-26(24,25)17-8-6-5-7-16(17)19/h5-12,20H,3-4,13H2,1-2H3,(H,21,23). The first-order valence-electron chi connectivity index (χ1n) is 8.26. The fourth-order valence-corrected chi connectivity index (χ4v) is 3.95. The summed E-state index contributed by atoms with van der Waals surface area (Å²) in [5, 5.41) is 2.77. The third-order valence-electron chi connectivity index (χ3n) is 3.83. The summed E-state index contributed by atoms with van der Waals surface area (Å²) < 4.78 is 26.7. The molecule has 0 atom stereocenters. The molecule has 0 heterocycles. The van der Waals surface area contributed by atoms with Crippen molar-refractivity contribution in [1.29, 1.82) is 0 Å². The van der Waals surface area contributed by atoms with Crippen LogP contribution in [0.2, 0.25) is 5.02 Å². The molecular weight excluding hydrogens is 374 g/mol. The van der Waals surface area contributed by atoms with Crippen LogP contribution in [-0.4, -0.2) is 34.0 Å². The normalized spacial score (nSPS) is 11.2. The molecule has 2 N–H and O–H groups in total. The number of nitrogens with zero attached hydrogens (tertiary/aromatic N) is 1. The number of hydrogen-bond acceptors (Lipinski definition) is 4. The highest BCUT2D eigenvalue weighted by molar-refractivity contribution is 7.89. The highest BCUT2D eigenvalue weighted by Crippen LogP contribution is 2.20. The molecule has 0 saturated carbocycles. The number of halogens is 1. The van der Waals surface area contributed by atoms with Gasteiger partial charge in [0.15, 0.2) is 0 Å². The van der Waals surface area contributed by atoms with Crippen LogP contribution in [0.3, 0.4) is 0 Å². The lowest BCUT2D eigenvalue weighted by Crippen LogP contribution is -2.33. The van der Waals surface area contributed by atoms with Crippen LogP contribution < -0.4 is 14.9 Å². The Morgan fingerprint density at radius 3 is 2.23 bits per heavy atom. The van der Waals surface area contributed by atoms with E-state index < -0.39 is 15.9 Å². The molecule has 26 heavy (non-hydrogen) atoms. The van der Waals surface area contributed by atoms with Gasteiger partial charge in [-0.25, -0.2) is 13.1 Å². The Bertz CT molecular complexity index is 850. The van der Waals surface area contributed by atoms with E-state index in [1.165, 1.54) is 12.1 Å².